The zero-order chi connectivity index (χ0) is 15.8. The number of hydrogen-bond donors (Lipinski definition) is 0. The summed E-state index contributed by atoms with van der Waals surface area (Å²) in [6.45, 7) is 2.18. The summed E-state index contributed by atoms with van der Waals surface area (Å²) in [7, 11) is 0. The van der Waals surface area contributed by atoms with E-state index in [2.05, 4.69) is 79.7 Å². The Morgan fingerprint density at radius 3 is 1.87 bits per heavy atom. The van der Waals surface area contributed by atoms with Crippen molar-refractivity contribution in [3.63, 3.8) is 0 Å². The predicted octanol–water partition coefficient (Wildman–Crippen LogP) is 6.71. The van der Waals surface area contributed by atoms with E-state index in [0.717, 1.165) is 0 Å². The normalized spacial score (nSPS) is 11.2. The molecule has 0 aromatic heterocycles. The molecule has 112 valence electrons. The van der Waals surface area contributed by atoms with Crippen LogP contribution in [0.25, 0.3) is 32.7 Å². The minimum absolute atomic E-state index is 0.517. The van der Waals surface area contributed by atoms with Gasteiger partial charge in [0, 0.05) is 5.88 Å². The highest BCUT2D eigenvalue weighted by Gasteiger charge is 2.14. The Morgan fingerprint density at radius 2 is 1.22 bits per heavy atom. The number of rotatable bonds is 2. The minimum Gasteiger partial charge on any atom is -0.122 e. The maximum absolute atomic E-state index is 6.29. The molecular formula is C22H17Cl. The molecule has 4 aromatic rings. The van der Waals surface area contributed by atoms with Crippen LogP contribution in [0.2, 0.25) is 0 Å². The van der Waals surface area contributed by atoms with E-state index in [-0.39, 0.29) is 0 Å². The molecule has 0 fully saturated rings. The molecule has 23 heavy (non-hydrogen) atoms. The van der Waals surface area contributed by atoms with Gasteiger partial charge in [0.25, 0.3) is 0 Å². The van der Waals surface area contributed by atoms with Crippen molar-refractivity contribution in [2.75, 3.05) is 0 Å². The second kappa shape index (κ2) is 5.72. The Labute approximate surface area is 141 Å². The van der Waals surface area contributed by atoms with Crippen molar-refractivity contribution in [3.8, 4) is 11.1 Å². The molecule has 0 bridgehead atoms. The molecule has 0 heterocycles. The summed E-state index contributed by atoms with van der Waals surface area (Å²) in [5, 5.41) is 5.07. The third-order valence-electron chi connectivity index (χ3n) is 4.55. The van der Waals surface area contributed by atoms with E-state index in [9.17, 15) is 0 Å². The van der Waals surface area contributed by atoms with Gasteiger partial charge in [-0.15, -0.1) is 11.6 Å². The molecule has 0 aliphatic carbocycles. The standard InChI is InChI=1S/C22H17Cl/c1-15-10-11-16-6-2-4-8-19(16)21(15)22-18(14-23)13-12-17-7-3-5-9-20(17)22/h2-13H,14H2,1H3. The van der Waals surface area contributed by atoms with E-state index in [4.69, 9.17) is 11.6 Å². The fourth-order valence-corrected chi connectivity index (χ4v) is 3.66. The predicted molar refractivity (Wildman–Crippen MR) is 101 cm³/mol. The second-order valence-electron chi connectivity index (χ2n) is 5.93. The lowest BCUT2D eigenvalue weighted by Gasteiger charge is -2.17. The quantitative estimate of drug-likeness (QED) is 0.361. The van der Waals surface area contributed by atoms with Crippen LogP contribution < -0.4 is 0 Å². The van der Waals surface area contributed by atoms with Crippen LogP contribution in [-0.2, 0) is 5.88 Å². The molecule has 0 unspecified atom stereocenters. The van der Waals surface area contributed by atoms with E-state index in [1.807, 2.05) is 0 Å². The maximum Gasteiger partial charge on any atom is 0.0480 e. The van der Waals surface area contributed by atoms with E-state index in [1.165, 1.54) is 43.8 Å². The summed E-state index contributed by atoms with van der Waals surface area (Å²) in [6.07, 6.45) is 0. The average Bonchev–Trinajstić information content (AvgIpc) is 2.61. The van der Waals surface area contributed by atoms with Crippen LogP contribution in [0.3, 0.4) is 0 Å². The first-order valence-electron chi connectivity index (χ1n) is 7.85. The molecule has 0 saturated carbocycles. The summed E-state index contributed by atoms with van der Waals surface area (Å²) in [4.78, 5) is 0. The van der Waals surface area contributed by atoms with Gasteiger partial charge in [-0.2, -0.15) is 0 Å². The van der Waals surface area contributed by atoms with E-state index < -0.39 is 0 Å². The number of benzene rings is 4. The number of halogens is 1. The highest BCUT2D eigenvalue weighted by molar-refractivity contribution is 6.18. The van der Waals surface area contributed by atoms with Crippen molar-refractivity contribution < 1.29 is 0 Å². The first-order valence-corrected chi connectivity index (χ1v) is 8.38. The molecule has 4 rings (SSSR count). The van der Waals surface area contributed by atoms with Crippen molar-refractivity contribution in [2.45, 2.75) is 12.8 Å². The monoisotopic (exact) mass is 316 g/mol. The van der Waals surface area contributed by atoms with E-state index in [0.29, 0.717) is 5.88 Å². The van der Waals surface area contributed by atoms with Crippen molar-refractivity contribution in [2.24, 2.45) is 0 Å². The zero-order valence-corrected chi connectivity index (χ0v) is 13.8. The molecule has 0 aliphatic heterocycles. The summed E-state index contributed by atoms with van der Waals surface area (Å²) in [5.74, 6) is 0.517. The Balaban J connectivity index is 2.21. The number of fused-ring (bicyclic) bond motifs is 2. The van der Waals surface area contributed by atoms with Gasteiger partial charge in [0.05, 0.1) is 0 Å². The summed E-state index contributed by atoms with van der Waals surface area (Å²) >= 11 is 6.29. The first kappa shape index (κ1) is 14.3. The fraction of sp³-hybridized carbons (Fsp3) is 0.0909. The van der Waals surface area contributed by atoms with Crippen molar-refractivity contribution in [3.05, 3.63) is 83.9 Å². The van der Waals surface area contributed by atoms with E-state index >= 15 is 0 Å². The molecule has 4 aromatic carbocycles. The molecule has 0 atom stereocenters. The topological polar surface area (TPSA) is 0 Å². The maximum atomic E-state index is 6.29. The Hall–Kier alpha value is -2.31. The van der Waals surface area contributed by atoms with Gasteiger partial charge < -0.3 is 0 Å². The number of aryl methyl sites for hydroxylation is 1. The SMILES string of the molecule is Cc1ccc2ccccc2c1-c1c(CCl)ccc2ccccc12. The summed E-state index contributed by atoms with van der Waals surface area (Å²) in [6, 6.07) is 25.8. The van der Waals surface area contributed by atoms with Gasteiger partial charge in [-0.25, -0.2) is 0 Å². The Bertz CT molecular complexity index is 1010. The highest BCUT2D eigenvalue weighted by atomic mass is 35.5. The van der Waals surface area contributed by atoms with Gasteiger partial charge in [-0.1, -0.05) is 72.8 Å². The highest BCUT2D eigenvalue weighted by Crippen LogP contribution is 2.39. The van der Waals surface area contributed by atoms with Crippen LogP contribution in [0.5, 0.6) is 0 Å². The van der Waals surface area contributed by atoms with Crippen molar-refractivity contribution in [1.82, 2.24) is 0 Å². The largest absolute Gasteiger partial charge is 0.122 e. The van der Waals surface area contributed by atoms with E-state index in [1.54, 1.807) is 0 Å². The van der Waals surface area contributed by atoms with Crippen LogP contribution in [0.4, 0.5) is 0 Å². The summed E-state index contributed by atoms with van der Waals surface area (Å²) in [5.41, 5.74) is 5.04. The fourth-order valence-electron chi connectivity index (χ4n) is 3.44. The molecule has 0 radical (unpaired) electrons. The van der Waals surface area contributed by atoms with Gasteiger partial charge in [0.15, 0.2) is 0 Å². The lowest BCUT2D eigenvalue weighted by molar-refractivity contribution is 1.40. The van der Waals surface area contributed by atoms with Gasteiger partial charge in [0.2, 0.25) is 0 Å². The van der Waals surface area contributed by atoms with Gasteiger partial charge in [-0.3, -0.25) is 0 Å². The van der Waals surface area contributed by atoms with Crippen LogP contribution >= 0.6 is 11.6 Å². The van der Waals surface area contributed by atoms with Crippen LogP contribution in [0.15, 0.2) is 72.8 Å². The molecule has 0 amide bonds. The van der Waals surface area contributed by atoms with Crippen LogP contribution in [0, 0.1) is 6.92 Å². The second-order valence-corrected chi connectivity index (χ2v) is 6.20. The molecule has 0 aliphatic rings. The minimum atomic E-state index is 0.517. The Morgan fingerprint density at radius 1 is 0.652 bits per heavy atom. The average molecular weight is 317 g/mol. The van der Waals surface area contributed by atoms with Gasteiger partial charge in [-0.05, 0) is 50.7 Å². The number of hydrogen-bond acceptors (Lipinski definition) is 0. The Kier molecular flexibility index (Phi) is 3.55. The molecule has 0 saturated heterocycles. The molecule has 1 heteroatoms. The third kappa shape index (κ3) is 2.31. The lowest BCUT2D eigenvalue weighted by Crippen LogP contribution is -1.93. The van der Waals surface area contributed by atoms with Crippen molar-refractivity contribution in [1.29, 1.82) is 0 Å². The molecular weight excluding hydrogens is 300 g/mol. The van der Waals surface area contributed by atoms with Gasteiger partial charge in [0.1, 0.15) is 0 Å². The third-order valence-corrected chi connectivity index (χ3v) is 4.83. The summed E-state index contributed by atoms with van der Waals surface area (Å²) < 4.78 is 0. The van der Waals surface area contributed by atoms with Crippen LogP contribution in [-0.4, -0.2) is 0 Å². The molecule has 0 spiro atoms. The zero-order valence-electron chi connectivity index (χ0n) is 13.0. The van der Waals surface area contributed by atoms with Crippen molar-refractivity contribution >= 4 is 33.1 Å². The van der Waals surface area contributed by atoms with Gasteiger partial charge >= 0.3 is 0 Å². The molecule has 0 N–H and O–H groups in total. The first-order chi connectivity index (χ1) is 11.3. The smallest absolute Gasteiger partial charge is 0.0480 e. The van der Waals surface area contributed by atoms with Crippen LogP contribution in [0.1, 0.15) is 11.1 Å². The number of alkyl halides is 1. The molecule has 0 nitrogen and oxygen atoms in total. The lowest BCUT2D eigenvalue weighted by atomic mass is 9.88.